The predicted octanol–water partition coefficient (Wildman–Crippen LogP) is 2.00. The molecule has 0 fully saturated rings. The van der Waals surface area contributed by atoms with Crippen molar-refractivity contribution in [3.05, 3.63) is 35.9 Å². The summed E-state index contributed by atoms with van der Waals surface area (Å²) in [5.41, 5.74) is 6.12. The Balaban J connectivity index is 2.61. The molecule has 0 aliphatic carbocycles. The van der Waals surface area contributed by atoms with Gasteiger partial charge < -0.3 is 10.8 Å². The molecule has 0 aliphatic rings. The second-order valence-electron chi connectivity index (χ2n) is 3.31. The molecule has 0 saturated heterocycles. The van der Waals surface area contributed by atoms with Crippen molar-refractivity contribution in [2.75, 3.05) is 0 Å². The van der Waals surface area contributed by atoms with Gasteiger partial charge in [-0.25, -0.2) is 0 Å². The molecular formula is C10H12F3NO. The predicted molar refractivity (Wildman–Crippen MR) is 50.0 cm³/mol. The molecule has 0 aliphatic heterocycles. The van der Waals surface area contributed by atoms with Crippen LogP contribution in [0.15, 0.2) is 30.3 Å². The number of hydrogen-bond donors (Lipinski definition) is 2. The van der Waals surface area contributed by atoms with Crippen molar-refractivity contribution in [2.24, 2.45) is 5.73 Å². The minimum Gasteiger partial charge on any atom is -0.384 e. The first-order valence-corrected chi connectivity index (χ1v) is 4.46. The molecule has 1 rings (SSSR count). The lowest BCUT2D eigenvalue weighted by Gasteiger charge is -2.18. The van der Waals surface area contributed by atoms with Crippen LogP contribution in [0.3, 0.4) is 0 Å². The number of nitrogens with two attached hydrogens (primary N) is 1. The van der Waals surface area contributed by atoms with E-state index in [0.717, 1.165) is 0 Å². The number of hydrogen-bond acceptors (Lipinski definition) is 2. The minimum atomic E-state index is -4.60. The molecule has 5 heteroatoms. The maximum absolute atomic E-state index is 12.0. The Hall–Kier alpha value is -1.07. The van der Waals surface area contributed by atoms with Gasteiger partial charge in [-0.3, -0.25) is 0 Å². The van der Waals surface area contributed by atoms with Crippen LogP contribution in [0.1, 0.15) is 18.0 Å². The van der Waals surface area contributed by atoms with E-state index in [-0.39, 0.29) is 0 Å². The lowest BCUT2D eigenvalue weighted by Crippen LogP contribution is -2.32. The third kappa shape index (κ3) is 3.53. The minimum absolute atomic E-state index is 0.520. The van der Waals surface area contributed by atoms with Gasteiger partial charge in [0.15, 0.2) is 6.10 Å². The van der Waals surface area contributed by atoms with Gasteiger partial charge in [-0.15, -0.1) is 0 Å². The topological polar surface area (TPSA) is 46.2 Å². The van der Waals surface area contributed by atoms with Crippen LogP contribution in [-0.4, -0.2) is 17.4 Å². The van der Waals surface area contributed by atoms with E-state index in [1.807, 2.05) is 0 Å². The number of benzene rings is 1. The van der Waals surface area contributed by atoms with Gasteiger partial charge in [-0.1, -0.05) is 30.3 Å². The SMILES string of the molecule is N[C@H](C[C@@H](O)C(F)(F)F)c1ccccc1. The van der Waals surface area contributed by atoms with Crippen LogP contribution >= 0.6 is 0 Å². The summed E-state index contributed by atoms with van der Waals surface area (Å²) >= 11 is 0. The molecule has 0 heterocycles. The summed E-state index contributed by atoms with van der Waals surface area (Å²) in [7, 11) is 0. The van der Waals surface area contributed by atoms with Gasteiger partial charge in [-0.2, -0.15) is 13.2 Å². The van der Waals surface area contributed by atoms with Gasteiger partial charge in [-0.05, 0) is 5.56 Å². The molecule has 0 bridgehead atoms. The monoisotopic (exact) mass is 219 g/mol. The lowest BCUT2D eigenvalue weighted by molar-refractivity contribution is -0.206. The quantitative estimate of drug-likeness (QED) is 0.816. The third-order valence-electron chi connectivity index (χ3n) is 2.08. The van der Waals surface area contributed by atoms with E-state index in [1.165, 1.54) is 0 Å². The van der Waals surface area contributed by atoms with Crippen molar-refractivity contribution in [2.45, 2.75) is 24.7 Å². The molecule has 3 N–H and O–H groups in total. The van der Waals surface area contributed by atoms with Crippen molar-refractivity contribution in [1.82, 2.24) is 0 Å². The molecular weight excluding hydrogens is 207 g/mol. The molecule has 0 aromatic heterocycles. The molecule has 1 aromatic rings. The van der Waals surface area contributed by atoms with E-state index in [2.05, 4.69) is 0 Å². The smallest absolute Gasteiger partial charge is 0.384 e. The van der Waals surface area contributed by atoms with E-state index in [4.69, 9.17) is 10.8 Å². The molecule has 1 aromatic carbocycles. The van der Waals surface area contributed by atoms with Gasteiger partial charge in [0.1, 0.15) is 0 Å². The number of halogens is 3. The largest absolute Gasteiger partial charge is 0.414 e. The van der Waals surface area contributed by atoms with Crippen LogP contribution in [0.4, 0.5) is 13.2 Å². The molecule has 0 amide bonds. The van der Waals surface area contributed by atoms with Gasteiger partial charge in [0.25, 0.3) is 0 Å². The maximum atomic E-state index is 12.0. The summed E-state index contributed by atoms with van der Waals surface area (Å²) in [6.45, 7) is 0. The molecule has 84 valence electrons. The fourth-order valence-electron chi connectivity index (χ4n) is 1.21. The average molecular weight is 219 g/mol. The van der Waals surface area contributed by atoms with Crippen LogP contribution in [0.2, 0.25) is 0 Å². The Morgan fingerprint density at radius 2 is 1.73 bits per heavy atom. The van der Waals surface area contributed by atoms with Crippen molar-refractivity contribution in [3.8, 4) is 0 Å². The standard InChI is InChI=1S/C10H12F3NO/c11-10(12,13)9(15)6-8(14)7-4-2-1-3-5-7/h1-5,8-9,15H,6,14H2/t8-,9-/m1/s1. The van der Waals surface area contributed by atoms with E-state index < -0.39 is 24.7 Å². The first kappa shape index (κ1) is 12.0. The Labute approximate surface area is 85.5 Å². The van der Waals surface area contributed by atoms with E-state index >= 15 is 0 Å². The number of alkyl halides is 3. The Bertz CT molecular complexity index is 299. The average Bonchev–Trinajstić information content (AvgIpc) is 2.17. The summed E-state index contributed by atoms with van der Waals surface area (Å²) in [5.74, 6) is 0. The fourth-order valence-corrected chi connectivity index (χ4v) is 1.21. The summed E-state index contributed by atoms with van der Waals surface area (Å²) in [5, 5.41) is 8.81. The zero-order chi connectivity index (χ0) is 11.5. The van der Waals surface area contributed by atoms with Crippen molar-refractivity contribution in [1.29, 1.82) is 0 Å². The molecule has 15 heavy (non-hydrogen) atoms. The van der Waals surface area contributed by atoms with E-state index in [0.29, 0.717) is 5.56 Å². The normalized spacial score (nSPS) is 16.1. The van der Waals surface area contributed by atoms with Crippen LogP contribution in [0, 0.1) is 0 Å². The third-order valence-corrected chi connectivity index (χ3v) is 2.08. The van der Waals surface area contributed by atoms with Crippen LogP contribution in [-0.2, 0) is 0 Å². The van der Waals surface area contributed by atoms with E-state index in [9.17, 15) is 13.2 Å². The molecule has 0 unspecified atom stereocenters. The van der Waals surface area contributed by atoms with Gasteiger partial charge in [0.05, 0.1) is 0 Å². The van der Waals surface area contributed by atoms with Crippen LogP contribution in [0.25, 0.3) is 0 Å². The summed E-state index contributed by atoms with van der Waals surface area (Å²) < 4.78 is 36.1. The lowest BCUT2D eigenvalue weighted by atomic mass is 10.0. The zero-order valence-electron chi connectivity index (χ0n) is 7.91. The van der Waals surface area contributed by atoms with Gasteiger partial charge >= 0.3 is 6.18 Å². The highest BCUT2D eigenvalue weighted by atomic mass is 19.4. The van der Waals surface area contributed by atoms with Crippen LogP contribution in [0.5, 0.6) is 0 Å². The van der Waals surface area contributed by atoms with Gasteiger partial charge in [0, 0.05) is 12.5 Å². The summed E-state index contributed by atoms with van der Waals surface area (Å²) in [6, 6.07) is 7.59. The number of rotatable bonds is 3. The maximum Gasteiger partial charge on any atom is 0.414 e. The van der Waals surface area contributed by atoms with Crippen molar-refractivity contribution < 1.29 is 18.3 Å². The first-order valence-electron chi connectivity index (χ1n) is 4.46. The molecule has 0 spiro atoms. The second-order valence-corrected chi connectivity index (χ2v) is 3.31. The first-order chi connectivity index (χ1) is 6.91. The second kappa shape index (κ2) is 4.63. The zero-order valence-corrected chi connectivity index (χ0v) is 7.91. The highest BCUT2D eigenvalue weighted by molar-refractivity contribution is 5.18. The molecule has 2 atom stereocenters. The van der Waals surface area contributed by atoms with E-state index in [1.54, 1.807) is 30.3 Å². The fraction of sp³-hybridized carbons (Fsp3) is 0.400. The van der Waals surface area contributed by atoms with Crippen molar-refractivity contribution >= 4 is 0 Å². The number of aliphatic hydroxyl groups is 1. The Morgan fingerprint density at radius 1 is 1.20 bits per heavy atom. The molecule has 0 radical (unpaired) electrons. The summed E-state index contributed by atoms with van der Waals surface area (Å²) in [4.78, 5) is 0. The number of aliphatic hydroxyl groups excluding tert-OH is 1. The molecule has 2 nitrogen and oxygen atoms in total. The highest BCUT2D eigenvalue weighted by Crippen LogP contribution is 2.26. The van der Waals surface area contributed by atoms with Crippen molar-refractivity contribution in [3.63, 3.8) is 0 Å². The Kier molecular flexibility index (Phi) is 3.71. The molecule has 0 saturated carbocycles. The van der Waals surface area contributed by atoms with Gasteiger partial charge in [0.2, 0.25) is 0 Å². The Morgan fingerprint density at radius 3 is 2.20 bits per heavy atom. The summed E-state index contributed by atoms with van der Waals surface area (Å²) in [6.07, 6.45) is -7.49. The highest BCUT2D eigenvalue weighted by Gasteiger charge is 2.38. The van der Waals surface area contributed by atoms with Crippen LogP contribution < -0.4 is 5.73 Å².